The number of nitrogens with two attached hydrogens (primary N) is 1. The first-order chi connectivity index (χ1) is 9.88. The van der Waals surface area contributed by atoms with Gasteiger partial charge in [0.05, 0.1) is 17.1 Å². The number of rotatable bonds is 4. The van der Waals surface area contributed by atoms with Gasteiger partial charge in [-0.3, -0.25) is 9.48 Å². The molecule has 0 bridgehead atoms. The van der Waals surface area contributed by atoms with Crippen LogP contribution in [0.5, 0.6) is 0 Å². The van der Waals surface area contributed by atoms with E-state index in [1.165, 1.54) is 22.9 Å². The number of aryl methyl sites for hydroxylation is 1. The van der Waals surface area contributed by atoms with E-state index in [0.29, 0.717) is 22.1 Å². The van der Waals surface area contributed by atoms with E-state index in [9.17, 15) is 9.18 Å². The average Bonchev–Trinajstić information content (AvgIpc) is 2.65. The Morgan fingerprint density at radius 2 is 2.19 bits per heavy atom. The van der Waals surface area contributed by atoms with Crippen molar-refractivity contribution in [3.8, 4) is 0 Å². The highest BCUT2D eigenvalue weighted by Crippen LogP contribution is 2.16. The van der Waals surface area contributed by atoms with Gasteiger partial charge in [0.15, 0.2) is 0 Å². The van der Waals surface area contributed by atoms with Crippen molar-refractivity contribution in [3.05, 3.63) is 46.0 Å². The molecule has 0 aliphatic carbocycles. The maximum Gasteiger partial charge on any atom is 0.328 e. The largest absolute Gasteiger partial charge is 0.459 e. The molecular weight excluding hydrogens is 297 g/mol. The van der Waals surface area contributed by atoms with Gasteiger partial charge in [-0.1, -0.05) is 17.7 Å². The summed E-state index contributed by atoms with van der Waals surface area (Å²) in [5.41, 5.74) is 7.95. The van der Waals surface area contributed by atoms with Crippen LogP contribution in [-0.4, -0.2) is 15.7 Å². The third-order valence-corrected chi connectivity index (χ3v) is 3.36. The number of aromatic nitrogens is 2. The number of hydrogen-bond donors (Lipinski definition) is 1. The number of nitrogen functional groups attached to an aromatic ring is 1. The number of anilines is 1. The van der Waals surface area contributed by atoms with Crippen molar-refractivity contribution >= 4 is 23.3 Å². The fraction of sp³-hybridized carbons (Fsp3) is 0.286. The monoisotopic (exact) mass is 311 g/mol. The lowest BCUT2D eigenvalue weighted by molar-refractivity contribution is -0.146. The Bertz CT molecular complexity index is 685. The predicted molar refractivity (Wildman–Crippen MR) is 77.3 cm³/mol. The van der Waals surface area contributed by atoms with Gasteiger partial charge in [0.25, 0.3) is 0 Å². The van der Waals surface area contributed by atoms with Crippen LogP contribution in [0.3, 0.4) is 0 Å². The molecule has 2 rings (SSSR count). The molecule has 1 aromatic heterocycles. The molecule has 0 radical (unpaired) electrons. The Hall–Kier alpha value is -2.08. The number of nitrogens with zero attached hydrogens (tertiary/aromatic N) is 2. The topological polar surface area (TPSA) is 70.1 Å². The number of ether oxygens (including phenoxy) is 1. The molecule has 7 heteroatoms. The van der Waals surface area contributed by atoms with E-state index in [1.807, 2.05) is 0 Å². The van der Waals surface area contributed by atoms with Gasteiger partial charge in [-0.05, 0) is 26.0 Å². The molecule has 0 amide bonds. The molecule has 0 atom stereocenters. The van der Waals surface area contributed by atoms with Crippen LogP contribution in [0.15, 0.2) is 18.2 Å². The van der Waals surface area contributed by atoms with Gasteiger partial charge in [-0.15, -0.1) is 0 Å². The fourth-order valence-corrected chi connectivity index (χ4v) is 1.99. The van der Waals surface area contributed by atoms with Gasteiger partial charge in [-0.25, -0.2) is 4.39 Å². The minimum atomic E-state index is -0.519. The van der Waals surface area contributed by atoms with Gasteiger partial charge in [0.1, 0.15) is 19.0 Å². The number of carbonyl (C=O) groups is 1. The number of halogens is 2. The van der Waals surface area contributed by atoms with Crippen molar-refractivity contribution in [2.75, 3.05) is 5.73 Å². The Labute approximate surface area is 126 Å². The smallest absolute Gasteiger partial charge is 0.328 e. The summed E-state index contributed by atoms with van der Waals surface area (Å²) in [6, 6.07) is 4.19. The highest BCUT2D eigenvalue weighted by Gasteiger charge is 2.13. The SMILES string of the molecule is Cc1nn(CC(=O)OCc2ccc(Cl)cc2F)c(C)c1N. The molecule has 0 aliphatic heterocycles. The first-order valence-electron chi connectivity index (χ1n) is 6.27. The Kier molecular flexibility index (Phi) is 4.47. The van der Waals surface area contributed by atoms with Gasteiger partial charge >= 0.3 is 5.97 Å². The molecule has 0 fully saturated rings. The molecule has 0 spiro atoms. The maximum atomic E-state index is 13.5. The quantitative estimate of drug-likeness (QED) is 0.881. The summed E-state index contributed by atoms with van der Waals surface area (Å²) in [5, 5.41) is 4.43. The molecule has 0 aliphatic rings. The second-order valence-electron chi connectivity index (χ2n) is 4.64. The second-order valence-corrected chi connectivity index (χ2v) is 5.07. The molecule has 112 valence electrons. The van der Waals surface area contributed by atoms with Crippen LogP contribution >= 0.6 is 11.6 Å². The van der Waals surface area contributed by atoms with Crippen molar-refractivity contribution in [2.45, 2.75) is 27.0 Å². The highest BCUT2D eigenvalue weighted by atomic mass is 35.5. The zero-order valence-electron chi connectivity index (χ0n) is 11.7. The summed E-state index contributed by atoms with van der Waals surface area (Å²) >= 11 is 5.65. The van der Waals surface area contributed by atoms with Crippen molar-refractivity contribution in [1.82, 2.24) is 9.78 Å². The predicted octanol–water partition coefficient (Wildman–Crippen LogP) is 2.62. The summed E-state index contributed by atoms with van der Waals surface area (Å²) in [5.74, 6) is -1.03. The van der Waals surface area contributed by atoms with E-state index in [2.05, 4.69) is 5.10 Å². The molecule has 0 saturated heterocycles. The molecule has 0 unspecified atom stereocenters. The first-order valence-corrected chi connectivity index (χ1v) is 6.65. The van der Waals surface area contributed by atoms with Crippen molar-refractivity contribution < 1.29 is 13.9 Å². The van der Waals surface area contributed by atoms with Crippen LogP contribution in [0.1, 0.15) is 17.0 Å². The van der Waals surface area contributed by atoms with Crippen molar-refractivity contribution in [2.24, 2.45) is 0 Å². The van der Waals surface area contributed by atoms with E-state index in [4.69, 9.17) is 22.1 Å². The summed E-state index contributed by atoms with van der Waals surface area (Å²) in [4.78, 5) is 11.8. The molecular formula is C14H15ClFN3O2. The summed E-state index contributed by atoms with van der Waals surface area (Å²) in [6.07, 6.45) is 0. The van der Waals surface area contributed by atoms with Crippen LogP contribution < -0.4 is 5.73 Å². The third kappa shape index (κ3) is 3.52. The minimum absolute atomic E-state index is 0.0704. The fourth-order valence-electron chi connectivity index (χ4n) is 1.83. The maximum absolute atomic E-state index is 13.5. The van der Waals surface area contributed by atoms with E-state index >= 15 is 0 Å². The number of esters is 1. The van der Waals surface area contributed by atoms with E-state index in [-0.39, 0.29) is 18.7 Å². The Morgan fingerprint density at radius 1 is 1.48 bits per heavy atom. The number of carbonyl (C=O) groups excluding carboxylic acids is 1. The lowest BCUT2D eigenvalue weighted by atomic mass is 10.2. The third-order valence-electron chi connectivity index (χ3n) is 3.12. The van der Waals surface area contributed by atoms with Crippen LogP contribution in [0.25, 0.3) is 0 Å². The van der Waals surface area contributed by atoms with Crippen molar-refractivity contribution in [3.63, 3.8) is 0 Å². The number of hydrogen-bond acceptors (Lipinski definition) is 4. The lowest BCUT2D eigenvalue weighted by Gasteiger charge is -2.07. The first kappa shape index (κ1) is 15.3. The van der Waals surface area contributed by atoms with Crippen LogP contribution in [0, 0.1) is 19.7 Å². The Balaban J connectivity index is 1.97. The summed E-state index contributed by atoms with van der Waals surface area (Å²) < 4.78 is 20.0. The second kappa shape index (κ2) is 6.13. The Morgan fingerprint density at radius 3 is 2.76 bits per heavy atom. The molecule has 1 heterocycles. The van der Waals surface area contributed by atoms with Gasteiger partial charge in [-0.2, -0.15) is 5.10 Å². The number of benzene rings is 1. The highest BCUT2D eigenvalue weighted by molar-refractivity contribution is 6.30. The molecule has 21 heavy (non-hydrogen) atoms. The molecule has 1 aromatic carbocycles. The van der Waals surface area contributed by atoms with Gasteiger partial charge in [0.2, 0.25) is 0 Å². The van der Waals surface area contributed by atoms with Gasteiger partial charge < -0.3 is 10.5 Å². The van der Waals surface area contributed by atoms with E-state index < -0.39 is 11.8 Å². The van der Waals surface area contributed by atoms with Crippen LogP contribution in [0.2, 0.25) is 5.02 Å². The zero-order chi connectivity index (χ0) is 15.6. The van der Waals surface area contributed by atoms with E-state index in [0.717, 1.165) is 0 Å². The van der Waals surface area contributed by atoms with Crippen LogP contribution in [-0.2, 0) is 22.7 Å². The average molecular weight is 312 g/mol. The molecule has 2 aromatic rings. The molecule has 2 N–H and O–H groups in total. The van der Waals surface area contributed by atoms with Crippen LogP contribution in [0.4, 0.5) is 10.1 Å². The van der Waals surface area contributed by atoms with Crippen molar-refractivity contribution in [1.29, 1.82) is 0 Å². The standard InChI is InChI=1S/C14H15ClFN3O2/c1-8-14(17)9(2)19(18-8)6-13(20)21-7-10-3-4-11(15)5-12(10)16/h3-5H,6-7,17H2,1-2H3. The van der Waals surface area contributed by atoms with Gasteiger partial charge in [0, 0.05) is 10.6 Å². The van der Waals surface area contributed by atoms with E-state index in [1.54, 1.807) is 13.8 Å². The normalized spacial score (nSPS) is 10.7. The lowest BCUT2D eigenvalue weighted by Crippen LogP contribution is -2.16. The summed E-state index contributed by atoms with van der Waals surface area (Å²) in [7, 11) is 0. The molecule has 5 nitrogen and oxygen atoms in total. The summed E-state index contributed by atoms with van der Waals surface area (Å²) in [6.45, 7) is 3.30. The minimum Gasteiger partial charge on any atom is -0.459 e. The molecule has 0 saturated carbocycles. The zero-order valence-corrected chi connectivity index (χ0v) is 12.4.